The number of nitrogens with zero attached hydrogens (tertiary/aromatic N) is 4. The molecule has 0 saturated carbocycles. The van der Waals surface area contributed by atoms with Crippen molar-refractivity contribution in [2.45, 2.75) is 13.5 Å². The Hall–Kier alpha value is -3.12. The van der Waals surface area contributed by atoms with E-state index in [-0.39, 0.29) is 0 Å². The molecule has 1 N–H and O–H groups in total. The molecule has 0 aliphatic heterocycles. The van der Waals surface area contributed by atoms with Crippen molar-refractivity contribution in [3.05, 3.63) is 77.8 Å². The van der Waals surface area contributed by atoms with Gasteiger partial charge in [0.1, 0.15) is 16.6 Å². The van der Waals surface area contributed by atoms with Gasteiger partial charge in [0, 0.05) is 35.0 Å². The van der Waals surface area contributed by atoms with E-state index in [0.29, 0.717) is 6.54 Å². The van der Waals surface area contributed by atoms with Crippen LogP contribution < -0.4 is 5.32 Å². The molecule has 26 heavy (non-hydrogen) atoms. The molecule has 4 rings (SSSR count). The summed E-state index contributed by atoms with van der Waals surface area (Å²) in [6.07, 6.45) is 3.59. The lowest BCUT2D eigenvalue weighted by atomic mass is 10.1. The van der Waals surface area contributed by atoms with Crippen LogP contribution in [0, 0.1) is 6.92 Å². The smallest absolute Gasteiger partial charge is 0.130 e. The predicted octanol–water partition coefficient (Wildman–Crippen LogP) is 4.58. The Morgan fingerprint density at radius 2 is 1.81 bits per heavy atom. The summed E-state index contributed by atoms with van der Waals surface area (Å²) in [7, 11) is 0. The molecule has 3 aromatic heterocycles. The van der Waals surface area contributed by atoms with Crippen LogP contribution in [0.25, 0.3) is 21.8 Å². The largest absolute Gasteiger partial charge is 0.364 e. The SMILES string of the molecule is Cc1nc(NCc2csc(-c3cccnc3)n2)cc(-c2ccccc2)n1. The van der Waals surface area contributed by atoms with Gasteiger partial charge in [-0.2, -0.15) is 0 Å². The number of rotatable bonds is 5. The molecule has 0 atom stereocenters. The number of pyridine rings is 1. The minimum absolute atomic E-state index is 0.613. The molecule has 0 fully saturated rings. The Bertz CT molecular complexity index is 999. The van der Waals surface area contributed by atoms with Crippen LogP contribution >= 0.6 is 11.3 Å². The second-order valence-electron chi connectivity index (χ2n) is 5.79. The molecule has 0 bridgehead atoms. The van der Waals surface area contributed by atoms with Crippen molar-refractivity contribution in [1.29, 1.82) is 0 Å². The van der Waals surface area contributed by atoms with Crippen molar-refractivity contribution >= 4 is 17.2 Å². The molecule has 1 aromatic carbocycles. The number of aromatic nitrogens is 4. The average molecular weight is 359 g/mol. The molecule has 128 valence electrons. The third kappa shape index (κ3) is 3.75. The van der Waals surface area contributed by atoms with Gasteiger partial charge in [-0.3, -0.25) is 4.98 Å². The van der Waals surface area contributed by atoms with Crippen molar-refractivity contribution in [2.24, 2.45) is 0 Å². The van der Waals surface area contributed by atoms with E-state index in [4.69, 9.17) is 0 Å². The Balaban J connectivity index is 1.50. The molecular formula is C20H17N5S. The van der Waals surface area contributed by atoms with E-state index in [1.54, 1.807) is 17.5 Å². The van der Waals surface area contributed by atoms with Gasteiger partial charge in [-0.1, -0.05) is 30.3 Å². The molecule has 4 aromatic rings. The summed E-state index contributed by atoms with van der Waals surface area (Å²) in [5.74, 6) is 1.54. The lowest BCUT2D eigenvalue weighted by Crippen LogP contribution is -2.04. The maximum atomic E-state index is 4.67. The lowest BCUT2D eigenvalue weighted by molar-refractivity contribution is 1.01. The van der Waals surface area contributed by atoms with Crippen LogP contribution in [0.3, 0.4) is 0 Å². The Morgan fingerprint density at radius 1 is 0.962 bits per heavy atom. The van der Waals surface area contributed by atoms with Crippen molar-refractivity contribution in [3.8, 4) is 21.8 Å². The van der Waals surface area contributed by atoms with Crippen molar-refractivity contribution in [3.63, 3.8) is 0 Å². The van der Waals surface area contributed by atoms with Gasteiger partial charge >= 0.3 is 0 Å². The molecule has 5 nitrogen and oxygen atoms in total. The first-order chi connectivity index (χ1) is 12.8. The first-order valence-corrected chi connectivity index (χ1v) is 9.16. The Kier molecular flexibility index (Phi) is 4.66. The van der Waals surface area contributed by atoms with Crippen LogP contribution in [0.1, 0.15) is 11.5 Å². The summed E-state index contributed by atoms with van der Waals surface area (Å²) >= 11 is 1.62. The number of hydrogen-bond donors (Lipinski definition) is 1. The summed E-state index contributed by atoms with van der Waals surface area (Å²) in [4.78, 5) is 17.8. The van der Waals surface area contributed by atoms with Crippen molar-refractivity contribution < 1.29 is 0 Å². The van der Waals surface area contributed by atoms with Crippen LogP contribution in [0.2, 0.25) is 0 Å². The molecule has 0 radical (unpaired) electrons. The second-order valence-corrected chi connectivity index (χ2v) is 6.65. The van der Waals surface area contributed by atoms with E-state index >= 15 is 0 Å². The van der Waals surface area contributed by atoms with E-state index in [0.717, 1.165) is 39.2 Å². The minimum atomic E-state index is 0.613. The Labute approximate surface area is 155 Å². The number of anilines is 1. The molecule has 0 aliphatic rings. The number of nitrogens with one attached hydrogen (secondary N) is 1. The lowest BCUT2D eigenvalue weighted by Gasteiger charge is -2.08. The first-order valence-electron chi connectivity index (χ1n) is 8.28. The topological polar surface area (TPSA) is 63.6 Å². The summed E-state index contributed by atoms with van der Waals surface area (Å²) in [5, 5.41) is 6.38. The van der Waals surface area contributed by atoms with Gasteiger partial charge in [0.25, 0.3) is 0 Å². The summed E-state index contributed by atoms with van der Waals surface area (Å²) in [6, 6.07) is 16.0. The quantitative estimate of drug-likeness (QED) is 0.565. The number of hydrogen-bond acceptors (Lipinski definition) is 6. The zero-order valence-electron chi connectivity index (χ0n) is 14.3. The third-order valence-electron chi connectivity index (χ3n) is 3.82. The maximum Gasteiger partial charge on any atom is 0.130 e. The van der Waals surface area contributed by atoms with Crippen LogP contribution in [0.5, 0.6) is 0 Å². The second kappa shape index (κ2) is 7.41. The fraction of sp³-hybridized carbons (Fsp3) is 0.100. The molecule has 3 heterocycles. The molecule has 0 aliphatic carbocycles. The van der Waals surface area contributed by atoms with E-state index in [2.05, 4.69) is 30.6 Å². The number of benzene rings is 1. The fourth-order valence-corrected chi connectivity index (χ4v) is 3.42. The standard InChI is InChI=1S/C20H17N5S/c1-14-23-18(15-6-3-2-4-7-15)10-19(24-14)22-12-17-13-26-20(25-17)16-8-5-9-21-11-16/h2-11,13H,12H2,1H3,(H,22,23,24). The van der Waals surface area contributed by atoms with Crippen LogP contribution in [0.4, 0.5) is 5.82 Å². The monoisotopic (exact) mass is 359 g/mol. The van der Waals surface area contributed by atoms with Gasteiger partial charge in [0.2, 0.25) is 0 Å². The van der Waals surface area contributed by atoms with Crippen LogP contribution in [0.15, 0.2) is 66.3 Å². The summed E-state index contributed by atoms with van der Waals surface area (Å²) < 4.78 is 0. The van der Waals surface area contributed by atoms with Gasteiger partial charge in [-0.05, 0) is 19.1 Å². The molecule has 6 heteroatoms. The highest BCUT2D eigenvalue weighted by atomic mass is 32.1. The fourth-order valence-electron chi connectivity index (χ4n) is 2.61. The van der Waals surface area contributed by atoms with Gasteiger partial charge in [0.15, 0.2) is 0 Å². The Morgan fingerprint density at radius 3 is 2.62 bits per heavy atom. The summed E-state index contributed by atoms with van der Waals surface area (Å²) in [5.41, 5.74) is 4.00. The zero-order valence-corrected chi connectivity index (χ0v) is 15.1. The maximum absolute atomic E-state index is 4.67. The zero-order chi connectivity index (χ0) is 17.8. The van der Waals surface area contributed by atoms with E-state index in [1.807, 2.05) is 61.7 Å². The molecule has 0 unspecified atom stereocenters. The van der Waals surface area contributed by atoms with E-state index < -0.39 is 0 Å². The predicted molar refractivity (Wildman–Crippen MR) is 105 cm³/mol. The number of thiazole rings is 1. The van der Waals surface area contributed by atoms with Crippen LogP contribution in [-0.2, 0) is 6.54 Å². The average Bonchev–Trinajstić information content (AvgIpc) is 3.16. The minimum Gasteiger partial charge on any atom is -0.364 e. The highest BCUT2D eigenvalue weighted by Gasteiger charge is 2.07. The van der Waals surface area contributed by atoms with Crippen molar-refractivity contribution in [1.82, 2.24) is 19.9 Å². The highest BCUT2D eigenvalue weighted by Crippen LogP contribution is 2.24. The van der Waals surface area contributed by atoms with Crippen LogP contribution in [-0.4, -0.2) is 19.9 Å². The van der Waals surface area contributed by atoms with E-state index in [1.165, 1.54) is 0 Å². The molecule has 0 saturated heterocycles. The molecular weight excluding hydrogens is 342 g/mol. The normalized spacial score (nSPS) is 10.7. The highest BCUT2D eigenvalue weighted by molar-refractivity contribution is 7.13. The molecule has 0 spiro atoms. The van der Waals surface area contributed by atoms with Crippen molar-refractivity contribution in [2.75, 3.05) is 5.32 Å². The number of aryl methyl sites for hydroxylation is 1. The van der Waals surface area contributed by atoms with Gasteiger partial charge in [-0.25, -0.2) is 15.0 Å². The van der Waals surface area contributed by atoms with Gasteiger partial charge in [0.05, 0.1) is 17.9 Å². The van der Waals surface area contributed by atoms with Gasteiger partial charge < -0.3 is 5.32 Å². The third-order valence-corrected chi connectivity index (χ3v) is 4.76. The van der Waals surface area contributed by atoms with E-state index in [9.17, 15) is 0 Å². The molecule has 0 amide bonds. The first kappa shape index (κ1) is 16.4. The summed E-state index contributed by atoms with van der Waals surface area (Å²) in [6.45, 7) is 2.52. The van der Waals surface area contributed by atoms with Gasteiger partial charge in [-0.15, -0.1) is 11.3 Å².